The molecule has 0 aliphatic heterocycles. The van der Waals surface area contributed by atoms with Gasteiger partial charge in [-0.2, -0.15) is 0 Å². The summed E-state index contributed by atoms with van der Waals surface area (Å²) >= 11 is 6.18. The summed E-state index contributed by atoms with van der Waals surface area (Å²) in [7, 11) is 0. The highest BCUT2D eigenvalue weighted by molar-refractivity contribution is 6.28. The Morgan fingerprint density at radius 2 is 1.63 bits per heavy atom. The fraction of sp³-hybridized carbons (Fsp3) is 0.208. The predicted molar refractivity (Wildman–Crippen MR) is 121 cm³/mol. The molecule has 2 aromatic carbocycles. The van der Waals surface area contributed by atoms with E-state index < -0.39 is 11.7 Å². The van der Waals surface area contributed by atoms with Gasteiger partial charge < -0.3 is 4.74 Å². The Morgan fingerprint density at radius 1 is 1.00 bits per heavy atom. The van der Waals surface area contributed by atoms with Crippen molar-refractivity contribution in [1.82, 2.24) is 9.97 Å². The van der Waals surface area contributed by atoms with E-state index in [2.05, 4.69) is 9.97 Å². The van der Waals surface area contributed by atoms with Gasteiger partial charge in [-0.05, 0) is 49.6 Å². The maximum absolute atomic E-state index is 12.9. The summed E-state index contributed by atoms with van der Waals surface area (Å²) in [6.45, 7) is 5.77. The first-order valence-electron chi connectivity index (χ1n) is 9.62. The van der Waals surface area contributed by atoms with Gasteiger partial charge in [0.25, 0.3) is 0 Å². The van der Waals surface area contributed by atoms with Crippen LogP contribution in [-0.4, -0.2) is 21.7 Å². The lowest BCUT2D eigenvalue weighted by Gasteiger charge is -2.27. The number of benzene rings is 2. The summed E-state index contributed by atoms with van der Waals surface area (Å²) in [6.07, 6.45) is 3.26. The van der Waals surface area contributed by atoms with Crippen LogP contribution in [0.4, 0.5) is 10.6 Å². The average molecular weight is 422 g/mol. The second-order valence-corrected chi connectivity index (χ2v) is 8.05. The van der Waals surface area contributed by atoms with E-state index in [1.165, 1.54) is 4.90 Å². The number of rotatable bonds is 5. The first kappa shape index (κ1) is 21.5. The zero-order valence-electron chi connectivity index (χ0n) is 17.2. The molecule has 0 atom stereocenters. The quantitative estimate of drug-likeness (QED) is 0.457. The third-order valence-corrected chi connectivity index (χ3v) is 4.19. The summed E-state index contributed by atoms with van der Waals surface area (Å²) in [5.41, 5.74) is 1.93. The molecule has 5 nitrogen and oxygen atoms in total. The Bertz CT molecular complexity index is 1020. The third-order valence-electron chi connectivity index (χ3n) is 4.03. The molecule has 1 heterocycles. The summed E-state index contributed by atoms with van der Waals surface area (Å²) in [4.78, 5) is 23.0. The van der Waals surface area contributed by atoms with Gasteiger partial charge in [-0.25, -0.2) is 14.8 Å². The van der Waals surface area contributed by atoms with Crippen LogP contribution in [0.5, 0.6) is 0 Å². The second-order valence-electron chi connectivity index (χ2n) is 7.72. The van der Waals surface area contributed by atoms with Crippen molar-refractivity contribution in [1.29, 1.82) is 0 Å². The minimum Gasteiger partial charge on any atom is -0.443 e. The Hall–Kier alpha value is -3.18. The number of halogens is 1. The lowest BCUT2D eigenvalue weighted by molar-refractivity contribution is 0.0576. The molecule has 0 radical (unpaired) electrons. The van der Waals surface area contributed by atoms with Crippen LogP contribution < -0.4 is 4.90 Å². The fourth-order valence-corrected chi connectivity index (χ4v) is 2.90. The highest BCUT2D eigenvalue weighted by Gasteiger charge is 2.25. The van der Waals surface area contributed by atoms with Crippen LogP contribution in [0.25, 0.3) is 12.2 Å². The van der Waals surface area contributed by atoms with Crippen LogP contribution in [0.3, 0.4) is 0 Å². The maximum atomic E-state index is 12.9. The SMILES string of the molecule is CC(C)(C)OC(=O)N(Cc1ccccc1)c1cc(/C=C/c2ccccc2)nc(Cl)n1. The molecule has 1 aromatic heterocycles. The van der Waals surface area contributed by atoms with Gasteiger partial charge in [0.1, 0.15) is 11.4 Å². The lowest BCUT2D eigenvalue weighted by Crippen LogP contribution is -2.37. The Labute approximate surface area is 182 Å². The first-order valence-corrected chi connectivity index (χ1v) is 10.0. The molecule has 0 unspecified atom stereocenters. The first-order chi connectivity index (χ1) is 14.3. The molecule has 0 spiro atoms. The minimum atomic E-state index is -0.640. The van der Waals surface area contributed by atoms with Crippen LogP contribution in [0.2, 0.25) is 5.28 Å². The summed E-state index contributed by atoms with van der Waals surface area (Å²) in [5, 5.41) is 0.0573. The number of hydrogen-bond acceptors (Lipinski definition) is 4. The molecule has 1 amide bonds. The van der Waals surface area contributed by atoms with E-state index in [9.17, 15) is 4.79 Å². The van der Waals surface area contributed by atoms with E-state index in [1.807, 2.05) is 93.6 Å². The van der Waals surface area contributed by atoms with E-state index in [0.29, 0.717) is 18.1 Å². The van der Waals surface area contributed by atoms with Crippen molar-refractivity contribution in [3.8, 4) is 0 Å². The number of anilines is 1. The second kappa shape index (κ2) is 9.55. The molecule has 3 aromatic rings. The molecule has 0 aliphatic rings. The van der Waals surface area contributed by atoms with Gasteiger partial charge in [0.15, 0.2) is 0 Å². The third kappa shape index (κ3) is 6.42. The number of carbonyl (C=O) groups is 1. The minimum absolute atomic E-state index is 0.0573. The largest absolute Gasteiger partial charge is 0.443 e. The van der Waals surface area contributed by atoms with E-state index >= 15 is 0 Å². The van der Waals surface area contributed by atoms with Gasteiger partial charge in [-0.15, -0.1) is 0 Å². The molecule has 0 aliphatic carbocycles. The molecule has 0 N–H and O–H groups in total. The van der Waals surface area contributed by atoms with E-state index in [0.717, 1.165) is 11.1 Å². The van der Waals surface area contributed by atoms with Gasteiger partial charge in [-0.3, -0.25) is 4.90 Å². The van der Waals surface area contributed by atoms with Crippen molar-refractivity contribution in [2.45, 2.75) is 32.9 Å². The van der Waals surface area contributed by atoms with Crippen molar-refractivity contribution in [3.63, 3.8) is 0 Å². The molecule has 154 valence electrons. The highest BCUT2D eigenvalue weighted by Crippen LogP contribution is 2.22. The van der Waals surface area contributed by atoms with Gasteiger partial charge in [-0.1, -0.05) is 66.7 Å². The van der Waals surface area contributed by atoms with Gasteiger partial charge in [0, 0.05) is 6.07 Å². The van der Waals surface area contributed by atoms with E-state index in [1.54, 1.807) is 6.07 Å². The van der Waals surface area contributed by atoms with Crippen molar-refractivity contribution < 1.29 is 9.53 Å². The van der Waals surface area contributed by atoms with Crippen molar-refractivity contribution >= 4 is 35.7 Å². The smallest absolute Gasteiger partial charge is 0.416 e. The molecule has 0 fully saturated rings. The predicted octanol–water partition coefficient (Wildman–Crippen LogP) is 6.24. The van der Waals surface area contributed by atoms with Gasteiger partial charge >= 0.3 is 6.09 Å². The summed E-state index contributed by atoms with van der Waals surface area (Å²) in [5.74, 6) is 0.376. The zero-order valence-corrected chi connectivity index (χ0v) is 18.0. The highest BCUT2D eigenvalue weighted by atomic mass is 35.5. The van der Waals surface area contributed by atoms with Crippen LogP contribution in [-0.2, 0) is 11.3 Å². The molecule has 3 rings (SSSR count). The van der Waals surface area contributed by atoms with Crippen LogP contribution in [0.1, 0.15) is 37.6 Å². The van der Waals surface area contributed by atoms with Crippen molar-refractivity contribution in [2.24, 2.45) is 0 Å². The number of nitrogens with zero attached hydrogens (tertiary/aromatic N) is 3. The molecule has 0 saturated carbocycles. The normalized spacial score (nSPS) is 11.5. The average Bonchev–Trinajstić information content (AvgIpc) is 2.70. The zero-order chi connectivity index (χ0) is 21.6. The van der Waals surface area contributed by atoms with E-state index in [4.69, 9.17) is 16.3 Å². The van der Waals surface area contributed by atoms with Gasteiger partial charge in [0.2, 0.25) is 5.28 Å². The van der Waals surface area contributed by atoms with Crippen LogP contribution in [0.15, 0.2) is 66.7 Å². The molecule has 30 heavy (non-hydrogen) atoms. The number of hydrogen-bond donors (Lipinski definition) is 0. The number of carbonyl (C=O) groups excluding carboxylic acids is 1. The molecular weight excluding hydrogens is 398 g/mol. The number of ether oxygens (including phenoxy) is 1. The van der Waals surface area contributed by atoms with Crippen LogP contribution in [0, 0.1) is 0 Å². The Kier molecular flexibility index (Phi) is 6.85. The number of amides is 1. The Balaban J connectivity index is 1.94. The number of aromatic nitrogens is 2. The standard InChI is InChI=1S/C24H24ClN3O2/c1-24(2,3)30-23(29)28(17-19-12-8-5-9-13-19)21-16-20(26-22(25)27-21)15-14-18-10-6-4-7-11-18/h4-16H,17H2,1-3H3/b15-14+. The summed E-state index contributed by atoms with van der Waals surface area (Å²) in [6, 6.07) is 21.2. The van der Waals surface area contributed by atoms with Crippen LogP contribution >= 0.6 is 11.6 Å². The summed E-state index contributed by atoms with van der Waals surface area (Å²) < 4.78 is 5.60. The van der Waals surface area contributed by atoms with Crippen molar-refractivity contribution in [3.05, 3.63) is 88.8 Å². The topological polar surface area (TPSA) is 55.3 Å². The molecule has 0 bridgehead atoms. The lowest BCUT2D eigenvalue weighted by atomic mass is 10.2. The van der Waals surface area contributed by atoms with Gasteiger partial charge in [0.05, 0.1) is 12.2 Å². The van der Waals surface area contributed by atoms with E-state index in [-0.39, 0.29) is 5.28 Å². The molecule has 0 saturated heterocycles. The maximum Gasteiger partial charge on any atom is 0.416 e. The molecular formula is C24H24ClN3O2. The monoisotopic (exact) mass is 421 g/mol. The van der Waals surface area contributed by atoms with Crippen molar-refractivity contribution in [2.75, 3.05) is 4.90 Å². The molecule has 6 heteroatoms. The Morgan fingerprint density at radius 3 is 2.27 bits per heavy atom. The fourth-order valence-electron chi connectivity index (χ4n) is 2.71.